The molecule has 22 heavy (non-hydrogen) atoms. The standard InChI is InChI=1S/C15H12Cl4O3/c1-20-14-3-2-7(15(6-14)21-4-5-22-15)8-9(14)11(17)13(19)12(18)10(8)16/h2-3,7H,4-6H2,1H3. The lowest BCUT2D eigenvalue weighted by atomic mass is 9.65. The highest BCUT2D eigenvalue weighted by molar-refractivity contribution is 6.52. The fourth-order valence-corrected chi connectivity index (χ4v) is 4.91. The fraction of sp³-hybridized carbons (Fsp3) is 0.467. The third-order valence-corrected chi connectivity index (χ3v) is 6.54. The molecule has 3 aliphatic carbocycles. The van der Waals surface area contributed by atoms with Crippen LogP contribution in [0.2, 0.25) is 20.1 Å². The molecule has 5 rings (SSSR count). The minimum Gasteiger partial charge on any atom is -0.369 e. The van der Waals surface area contributed by atoms with Crippen molar-refractivity contribution in [1.29, 1.82) is 0 Å². The molecule has 2 atom stereocenters. The molecule has 2 unspecified atom stereocenters. The third kappa shape index (κ3) is 1.76. The summed E-state index contributed by atoms with van der Waals surface area (Å²) in [5.74, 6) is -0.983. The van der Waals surface area contributed by atoms with Crippen LogP contribution in [-0.2, 0) is 19.8 Å². The van der Waals surface area contributed by atoms with E-state index in [1.54, 1.807) is 7.11 Å². The van der Waals surface area contributed by atoms with Crippen molar-refractivity contribution in [3.05, 3.63) is 43.4 Å². The molecule has 0 N–H and O–H groups in total. The molecular weight excluding hydrogens is 370 g/mol. The predicted molar refractivity (Wildman–Crippen MR) is 86.3 cm³/mol. The molecule has 7 heteroatoms. The number of halogens is 4. The number of hydrogen-bond donors (Lipinski definition) is 0. The molecule has 0 radical (unpaired) electrons. The van der Waals surface area contributed by atoms with Gasteiger partial charge in [-0.25, -0.2) is 0 Å². The van der Waals surface area contributed by atoms with Gasteiger partial charge in [-0.2, -0.15) is 0 Å². The maximum Gasteiger partial charge on any atom is 0.182 e. The van der Waals surface area contributed by atoms with Crippen molar-refractivity contribution in [3.8, 4) is 0 Å². The van der Waals surface area contributed by atoms with Crippen LogP contribution < -0.4 is 0 Å². The average Bonchev–Trinajstić information content (AvgIpc) is 2.98. The Kier molecular flexibility index (Phi) is 3.53. The summed E-state index contributed by atoms with van der Waals surface area (Å²) in [7, 11) is 1.62. The van der Waals surface area contributed by atoms with E-state index in [4.69, 9.17) is 60.6 Å². The van der Waals surface area contributed by atoms with Crippen molar-refractivity contribution in [2.75, 3.05) is 20.3 Å². The Morgan fingerprint density at radius 1 is 1.05 bits per heavy atom. The zero-order valence-electron chi connectivity index (χ0n) is 11.6. The third-order valence-electron chi connectivity index (χ3n) is 4.72. The molecule has 1 heterocycles. The smallest absolute Gasteiger partial charge is 0.182 e. The van der Waals surface area contributed by atoms with Gasteiger partial charge in [-0.05, 0) is 5.56 Å². The van der Waals surface area contributed by atoms with Gasteiger partial charge in [0.05, 0.1) is 39.2 Å². The summed E-state index contributed by atoms with van der Waals surface area (Å²) in [5, 5.41) is 1.23. The number of rotatable bonds is 1. The van der Waals surface area contributed by atoms with Gasteiger partial charge in [0.15, 0.2) is 5.79 Å². The zero-order chi connectivity index (χ0) is 15.7. The first-order chi connectivity index (χ1) is 10.5. The lowest BCUT2D eigenvalue weighted by Crippen LogP contribution is -2.52. The lowest BCUT2D eigenvalue weighted by molar-refractivity contribution is -0.215. The van der Waals surface area contributed by atoms with Gasteiger partial charge in [-0.1, -0.05) is 58.6 Å². The first-order valence-electron chi connectivity index (χ1n) is 6.84. The first kappa shape index (κ1) is 15.5. The van der Waals surface area contributed by atoms with Crippen LogP contribution in [0.15, 0.2) is 12.2 Å². The van der Waals surface area contributed by atoms with Crippen molar-refractivity contribution in [3.63, 3.8) is 0 Å². The second kappa shape index (κ2) is 5.00. The Hall–Kier alpha value is -0.000000000000000153. The van der Waals surface area contributed by atoms with Crippen molar-refractivity contribution in [2.45, 2.75) is 23.7 Å². The molecule has 1 fully saturated rings. The predicted octanol–water partition coefficient (Wildman–Crippen LogP) is 4.94. The maximum absolute atomic E-state index is 6.49. The van der Waals surface area contributed by atoms with Crippen LogP contribution in [0.4, 0.5) is 0 Å². The SMILES string of the molecule is COC12C=CC(c3c(Cl)c(Cl)c(Cl)c(Cl)c31)C1(C2)OCCO1. The second-order valence-corrected chi connectivity index (χ2v) is 7.17. The van der Waals surface area contributed by atoms with Gasteiger partial charge in [-0.15, -0.1) is 0 Å². The summed E-state index contributed by atoms with van der Waals surface area (Å²) in [4.78, 5) is 0. The van der Waals surface area contributed by atoms with E-state index in [0.717, 1.165) is 11.1 Å². The second-order valence-electron chi connectivity index (χ2n) is 5.66. The topological polar surface area (TPSA) is 27.7 Å². The lowest BCUT2D eigenvalue weighted by Gasteiger charge is -2.51. The average molecular weight is 382 g/mol. The Morgan fingerprint density at radius 2 is 1.68 bits per heavy atom. The summed E-state index contributed by atoms with van der Waals surface area (Å²) in [5.41, 5.74) is 0.746. The Balaban J connectivity index is 2.06. The Morgan fingerprint density at radius 3 is 2.32 bits per heavy atom. The van der Waals surface area contributed by atoms with E-state index in [0.29, 0.717) is 29.7 Å². The molecule has 118 valence electrons. The van der Waals surface area contributed by atoms with Crippen molar-refractivity contribution < 1.29 is 14.2 Å². The molecule has 3 nitrogen and oxygen atoms in total. The van der Waals surface area contributed by atoms with E-state index in [9.17, 15) is 0 Å². The molecule has 2 bridgehead atoms. The van der Waals surface area contributed by atoms with Crippen LogP contribution in [-0.4, -0.2) is 26.1 Å². The molecule has 0 aromatic heterocycles. The van der Waals surface area contributed by atoms with E-state index in [1.165, 1.54) is 0 Å². The van der Waals surface area contributed by atoms with E-state index in [2.05, 4.69) is 0 Å². The highest BCUT2D eigenvalue weighted by Crippen LogP contribution is 2.62. The molecule has 0 amide bonds. The van der Waals surface area contributed by atoms with Gasteiger partial charge in [-0.3, -0.25) is 0 Å². The van der Waals surface area contributed by atoms with Gasteiger partial charge in [0.1, 0.15) is 5.60 Å². The van der Waals surface area contributed by atoms with E-state index in [1.807, 2.05) is 12.2 Å². The van der Waals surface area contributed by atoms with Gasteiger partial charge in [0, 0.05) is 19.1 Å². The summed E-state index contributed by atoms with van der Waals surface area (Å²) < 4.78 is 17.7. The van der Waals surface area contributed by atoms with Crippen LogP contribution in [0, 0.1) is 0 Å². The molecule has 1 aliphatic heterocycles. The number of ether oxygens (including phenoxy) is 3. The number of methoxy groups -OCH3 is 1. The normalized spacial score (nSPS) is 31.0. The first-order valence-corrected chi connectivity index (χ1v) is 8.36. The number of hydrogen-bond acceptors (Lipinski definition) is 3. The quantitative estimate of drug-likeness (QED) is 0.391. The van der Waals surface area contributed by atoms with Crippen molar-refractivity contribution in [2.24, 2.45) is 0 Å². The largest absolute Gasteiger partial charge is 0.369 e. The minimum absolute atomic E-state index is 0.193. The van der Waals surface area contributed by atoms with Gasteiger partial charge in [0.25, 0.3) is 0 Å². The summed E-state index contributed by atoms with van der Waals surface area (Å²) >= 11 is 25.4. The van der Waals surface area contributed by atoms with Crippen LogP contribution >= 0.6 is 46.4 Å². The van der Waals surface area contributed by atoms with Crippen LogP contribution in [0.25, 0.3) is 0 Å². The number of benzene rings is 1. The van der Waals surface area contributed by atoms with Gasteiger partial charge >= 0.3 is 0 Å². The Labute approximate surface area is 148 Å². The van der Waals surface area contributed by atoms with E-state index in [-0.39, 0.29) is 16.0 Å². The van der Waals surface area contributed by atoms with Crippen LogP contribution in [0.1, 0.15) is 23.5 Å². The summed E-state index contributed by atoms with van der Waals surface area (Å²) in [6.45, 7) is 1.07. The maximum atomic E-state index is 6.49. The molecule has 1 saturated heterocycles. The van der Waals surface area contributed by atoms with Gasteiger partial charge in [0.2, 0.25) is 0 Å². The van der Waals surface area contributed by atoms with Gasteiger partial charge < -0.3 is 14.2 Å². The Bertz CT molecular complexity index is 697. The molecule has 4 aliphatic rings. The monoisotopic (exact) mass is 380 g/mol. The summed E-state index contributed by atoms with van der Waals surface area (Å²) in [6, 6.07) is 0. The van der Waals surface area contributed by atoms with Crippen LogP contribution in [0.5, 0.6) is 0 Å². The highest BCUT2D eigenvalue weighted by Gasteiger charge is 2.60. The summed E-state index contributed by atoms with van der Waals surface area (Å²) in [6.07, 6.45) is 4.47. The van der Waals surface area contributed by atoms with E-state index < -0.39 is 11.4 Å². The molecular formula is C15H12Cl4O3. The molecule has 0 saturated carbocycles. The van der Waals surface area contributed by atoms with Crippen molar-refractivity contribution in [1.82, 2.24) is 0 Å². The fourth-order valence-electron chi connectivity index (χ4n) is 3.77. The van der Waals surface area contributed by atoms with Crippen LogP contribution in [0.3, 0.4) is 0 Å². The van der Waals surface area contributed by atoms with Crippen molar-refractivity contribution >= 4 is 46.4 Å². The van der Waals surface area contributed by atoms with E-state index >= 15 is 0 Å². The molecule has 1 aromatic rings. The zero-order valence-corrected chi connectivity index (χ0v) is 14.6. The minimum atomic E-state index is -0.790. The molecule has 1 aromatic carbocycles. The molecule has 1 spiro atoms. The highest BCUT2D eigenvalue weighted by atomic mass is 35.5.